The number of fused-ring (bicyclic) bond motifs is 1. The zero-order chi connectivity index (χ0) is 19.2. The molecule has 6 heteroatoms. The Labute approximate surface area is 162 Å². The van der Waals surface area contributed by atoms with Gasteiger partial charge in [0.1, 0.15) is 0 Å². The van der Waals surface area contributed by atoms with E-state index in [-0.39, 0.29) is 12.7 Å². The fourth-order valence-corrected chi connectivity index (χ4v) is 2.64. The van der Waals surface area contributed by atoms with Gasteiger partial charge in [-0.1, -0.05) is 48.5 Å². The molecule has 0 saturated carbocycles. The van der Waals surface area contributed by atoms with E-state index in [0.29, 0.717) is 22.9 Å². The number of nitrogens with one attached hydrogen (secondary N) is 1. The van der Waals surface area contributed by atoms with Gasteiger partial charge in [0.15, 0.2) is 17.3 Å². The predicted octanol–water partition coefficient (Wildman–Crippen LogP) is 3.63. The number of hydrogen-bond donors (Lipinski definition) is 1. The standard InChI is InChI=1S/C22H17N3O3/c26-22(18-9-5-2-6-10-18)25-24-21(17-7-3-1-4-8-17)23-14-16-11-12-19-20(13-16)28-15-27-19/h1-14H,15H2,(H,25,26)/b23-14?,24-21+. The smallest absolute Gasteiger partial charge is 0.271 e. The number of ether oxygens (including phenoxy) is 2. The van der Waals surface area contributed by atoms with Crippen LogP contribution in [0.15, 0.2) is 89.0 Å². The second-order valence-electron chi connectivity index (χ2n) is 5.98. The molecule has 0 atom stereocenters. The maximum Gasteiger partial charge on any atom is 0.271 e. The molecule has 3 aromatic carbocycles. The van der Waals surface area contributed by atoms with Crippen LogP contribution in [-0.2, 0) is 0 Å². The van der Waals surface area contributed by atoms with Gasteiger partial charge in [-0.2, -0.15) is 5.10 Å². The minimum atomic E-state index is -0.299. The van der Waals surface area contributed by atoms with Crippen LogP contribution in [0.2, 0.25) is 0 Å². The van der Waals surface area contributed by atoms with Gasteiger partial charge in [-0.25, -0.2) is 10.4 Å². The molecule has 1 aliphatic heterocycles. The van der Waals surface area contributed by atoms with Crippen molar-refractivity contribution in [3.05, 3.63) is 95.6 Å². The van der Waals surface area contributed by atoms with Gasteiger partial charge in [-0.15, -0.1) is 0 Å². The number of aliphatic imine (C=N–C) groups is 1. The van der Waals surface area contributed by atoms with Gasteiger partial charge < -0.3 is 9.47 Å². The lowest BCUT2D eigenvalue weighted by molar-refractivity contribution is 0.0955. The minimum absolute atomic E-state index is 0.220. The Balaban J connectivity index is 1.58. The van der Waals surface area contributed by atoms with E-state index in [1.807, 2.05) is 54.6 Å². The molecular formula is C22H17N3O3. The molecule has 4 rings (SSSR count). The largest absolute Gasteiger partial charge is 0.454 e. The summed E-state index contributed by atoms with van der Waals surface area (Å²) >= 11 is 0. The molecular weight excluding hydrogens is 354 g/mol. The summed E-state index contributed by atoms with van der Waals surface area (Å²) in [7, 11) is 0. The highest BCUT2D eigenvalue weighted by molar-refractivity contribution is 6.06. The number of carbonyl (C=O) groups excluding carboxylic acids is 1. The van der Waals surface area contributed by atoms with Crippen LogP contribution >= 0.6 is 0 Å². The number of hydrazone groups is 1. The van der Waals surface area contributed by atoms with Gasteiger partial charge in [0, 0.05) is 17.3 Å². The van der Waals surface area contributed by atoms with Crippen molar-refractivity contribution in [3.8, 4) is 11.5 Å². The molecule has 0 aromatic heterocycles. The lowest BCUT2D eigenvalue weighted by Gasteiger charge is -2.04. The highest BCUT2D eigenvalue weighted by Crippen LogP contribution is 2.32. The third-order valence-electron chi connectivity index (χ3n) is 4.06. The van der Waals surface area contributed by atoms with Crippen LogP contribution in [-0.4, -0.2) is 24.8 Å². The number of amides is 1. The molecule has 1 aliphatic rings. The van der Waals surface area contributed by atoms with Crippen molar-refractivity contribution >= 4 is 18.0 Å². The molecule has 0 unspecified atom stereocenters. The van der Waals surface area contributed by atoms with Crippen molar-refractivity contribution in [3.63, 3.8) is 0 Å². The highest BCUT2D eigenvalue weighted by Gasteiger charge is 2.12. The first kappa shape index (κ1) is 17.5. The van der Waals surface area contributed by atoms with Crippen LogP contribution < -0.4 is 14.9 Å². The summed E-state index contributed by atoms with van der Waals surface area (Å²) in [5.74, 6) is 1.48. The molecule has 6 nitrogen and oxygen atoms in total. The van der Waals surface area contributed by atoms with Crippen molar-refractivity contribution < 1.29 is 14.3 Å². The number of hydrogen-bond acceptors (Lipinski definition) is 4. The zero-order valence-corrected chi connectivity index (χ0v) is 14.9. The highest BCUT2D eigenvalue weighted by atomic mass is 16.7. The molecule has 0 saturated heterocycles. The number of nitrogens with zero attached hydrogens (tertiary/aromatic N) is 2. The third kappa shape index (κ3) is 4.07. The van der Waals surface area contributed by atoms with Crippen molar-refractivity contribution in [2.24, 2.45) is 10.1 Å². The molecule has 138 valence electrons. The van der Waals surface area contributed by atoms with E-state index in [9.17, 15) is 4.79 Å². The molecule has 28 heavy (non-hydrogen) atoms. The maximum absolute atomic E-state index is 12.3. The molecule has 1 N–H and O–H groups in total. The third-order valence-corrected chi connectivity index (χ3v) is 4.06. The van der Waals surface area contributed by atoms with Crippen molar-refractivity contribution in [1.82, 2.24) is 5.43 Å². The molecule has 0 fully saturated rings. The van der Waals surface area contributed by atoms with Gasteiger partial charge in [-0.05, 0) is 35.9 Å². The van der Waals surface area contributed by atoms with Crippen LogP contribution in [0, 0.1) is 0 Å². The van der Waals surface area contributed by atoms with E-state index in [2.05, 4.69) is 15.5 Å². The Bertz CT molecular complexity index is 1030. The fourth-order valence-electron chi connectivity index (χ4n) is 2.64. The van der Waals surface area contributed by atoms with E-state index >= 15 is 0 Å². The van der Waals surface area contributed by atoms with E-state index in [1.54, 1.807) is 30.5 Å². The zero-order valence-electron chi connectivity index (χ0n) is 14.9. The Hall–Kier alpha value is -3.93. The van der Waals surface area contributed by atoms with Crippen LogP contribution in [0.1, 0.15) is 21.5 Å². The van der Waals surface area contributed by atoms with Gasteiger partial charge in [0.05, 0.1) is 0 Å². The van der Waals surface area contributed by atoms with E-state index in [1.165, 1.54) is 0 Å². The van der Waals surface area contributed by atoms with E-state index in [4.69, 9.17) is 9.47 Å². The Kier molecular flexibility index (Phi) is 5.11. The lowest BCUT2D eigenvalue weighted by Crippen LogP contribution is -2.19. The second-order valence-corrected chi connectivity index (χ2v) is 5.98. The van der Waals surface area contributed by atoms with Crippen molar-refractivity contribution in [2.45, 2.75) is 0 Å². The lowest BCUT2D eigenvalue weighted by atomic mass is 10.2. The minimum Gasteiger partial charge on any atom is -0.454 e. The Morgan fingerprint density at radius 3 is 2.29 bits per heavy atom. The summed E-state index contributed by atoms with van der Waals surface area (Å²) in [6.07, 6.45) is 1.67. The molecule has 0 aliphatic carbocycles. The summed E-state index contributed by atoms with van der Waals surface area (Å²) in [6.45, 7) is 0.220. The SMILES string of the molecule is O=C(N/N=C(/N=Cc1ccc2c(c1)OCO2)c1ccccc1)c1ccccc1. The normalized spacial score (nSPS) is 12.9. The first-order valence-corrected chi connectivity index (χ1v) is 8.72. The fraction of sp³-hybridized carbons (Fsp3) is 0.0455. The van der Waals surface area contributed by atoms with E-state index in [0.717, 1.165) is 11.1 Å². The number of rotatable bonds is 4. The summed E-state index contributed by atoms with van der Waals surface area (Å²) in [4.78, 5) is 16.8. The molecule has 0 radical (unpaired) electrons. The summed E-state index contributed by atoms with van der Waals surface area (Å²) in [5.41, 5.74) is 4.71. The number of benzene rings is 3. The topological polar surface area (TPSA) is 72.3 Å². The van der Waals surface area contributed by atoms with Crippen LogP contribution in [0.5, 0.6) is 11.5 Å². The summed E-state index contributed by atoms with van der Waals surface area (Å²) in [6, 6.07) is 23.9. The Morgan fingerprint density at radius 1 is 0.857 bits per heavy atom. The van der Waals surface area contributed by atoms with E-state index < -0.39 is 0 Å². The van der Waals surface area contributed by atoms with Gasteiger partial charge in [-0.3, -0.25) is 4.79 Å². The monoisotopic (exact) mass is 371 g/mol. The maximum atomic E-state index is 12.3. The molecule has 3 aromatic rings. The molecule has 1 amide bonds. The van der Waals surface area contributed by atoms with Gasteiger partial charge in [0.2, 0.25) is 6.79 Å². The predicted molar refractivity (Wildman–Crippen MR) is 107 cm³/mol. The van der Waals surface area contributed by atoms with Crippen LogP contribution in [0.25, 0.3) is 0 Å². The van der Waals surface area contributed by atoms with Crippen molar-refractivity contribution in [1.29, 1.82) is 0 Å². The summed E-state index contributed by atoms with van der Waals surface area (Å²) in [5, 5.41) is 4.22. The van der Waals surface area contributed by atoms with Crippen LogP contribution in [0.3, 0.4) is 0 Å². The molecule has 0 spiro atoms. The summed E-state index contributed by atoms with van der Waals surface area (Å²) < 4.78 is 10.7. The number of carbonyl (C=O) groups is 1. The average molecular weight is 371 g/mol. The first-order chi connectivity index (χ1) is 13.8. The van der Waals surface area contributed by atoms with Crippen LogP contribution in [0.4, 0.5) is 0 Å². The number of amidine groups is 1. The van der Waals surface area contributed by atoms with Gasteiger partial charge in [0.25, 0.3) is 5.91 Å². The molecule has 1 heterocycles. The Morgan fingerprint density at radius 2 is 1.54 bits per heavy atom. The average Bonchev–Trinajstić information content (AvgIpc) is 3.23. The quantitative estimate of drug-likeness (QED) is 0.432. The second kappa shape index (κ2) is 8.18. The van der Waals surface area contributed by atoms with Crippen molar-refractivity contribution in [2.75, 3.05) is 6.79 Å². The first-order valence-electron chi connectivity index (χ1n) is 8.72. The molecule has 0 bridgehead atoms. The van der Waals surface area contributed by atoms with Gasteiger partial charge >= 0.3 is 0 Å².